The van der Waals surface area contributed by atoms with Gasteiger partial charge >= 0.3 is 0 Å². The average Bonchev–Trinajstić information content (AvgIpc) is 2.89. The Balaban J connectivity index is 1.74. The first-order chi connectivity index (χ1) is 17.1. The number of carbonyl (C=O) groups excluding carboxylic acids is 1. The smallest absolute Gasteiger partial charge is 0.248 e. The molecule has 1 aromatic heterocycles. The van der Waals surface area contributed by atoms with Gasteiger partial charge in [0.2, 0.25) is 5.91 Å². The molecule has 0 aliphatic heterocycles. The van der Waals surface area contributed by atoms with E-state index in [0.29, 0.717) is 29.8 Å². The lowest BCUT2D eigenvalue weighted by atomic mass is 10.0. The van der Waals surface area contributed by atoms with Gasteiger partial charge in [-0.1, -0.05) is 26.7 Å². The lowest BCUT2D eigenvalue weighted by molar-refractivity contribution is 0.100. The van der Waals surface area contributed by atoms with Crippen LogP contribution in [0.3, 0.4) is 0 Å². The van der Waals surface area contributed by atoms with Crippen molar-refractivity contribution in [3.05, 3.63) is 72.3 Å². The predicted molar refractivity (Wildman–Crippen MR) is 140 cm³/mol. The first-order valence-corrected chi connectivity index (χ1v) is 12.2. The predicted octanol–water partition coefficient (Wildman–Crippen LogP) is 6.42. The van der Waals surface area contributed by atoms with E-state index >= 15 is 0 Å². The maximum absolute atomic E-state index is 11.7. The summed E-state index contributed by atoms with van der Waals surface area (Å²) in [6.07, 6.45) is 4.22. The summed E-state index contributed by atoms with van der Waals surface area (Å²) in [5.41, 5.74) is 10.5. The molecule has 0 aliphatic carbocycles. The number of aromatic nitrogens is 2. The lowest BCUT2D eigenvalue weighted by Crippen LogP contribution is -2.10. The molecule has 3 aromatic carbocycles. The molecule has 6 heteroatoms. The highest BCUT2D eigenvalue weighted by Crippen LogP contribution is 2.33. The lowest BCUT2D eigenvalue weighted by Gasteiger charge is -2.13. The van der Waals surface area contributed by atoms with Crippen LogP contribution in [0.4, 0.5) is 0 Å². The van der Waals surface area contributed by atoms with Gasteiger partial charge in [-0.3, -0.25) is 4.79 Å². The van der Waals surface area contributed by atoms with E-state index in [4.69, 9.17) is 25.2 Å². The number of fused-ring (bicyclic) bond motifs is 1. The summed E-state index contributed by atoms with van der Waals surface area (Å²) < 4.78 is 11.6. The van der Waals surface area contributed by atoms with Gasteiger partial charge in [-0.15, -0.1) is 0 Å². The van der Waals surface area contributed by atoms with Crippen LogP contribution in [0, 0.1) is 0 Å². The van der Waals surface area contributed by atoms with Crippen LogP contribution in [-0.4, -0.2) is 29.1 Å². The van der Waals surface area contributed by atoms with Crippen LogP contribution >= 0.6 is 0 Å². The molecule has 35 heavy (non-hydrogen) atoms. The highest BCUT2D eigenvalue weighted by Gasteiger charge is 2.15. The number of carbonyl (C=O) groups is 1. The number of benzene rings is 3. The Morgan fingerprint density at radius 2 is 1.20 bits per heavy atom. The van der Waals surface area contributed by atoms with Gasteiger partial charge in [-0.05, 0) is 79.6 Å². The largest absolute Gasteiger partial charge is 0.494 e. The molecule has 0 radical (unpaired) electrons. The second kappa shape index (κ2) is 11.5. The van der Waals surface area contributed by atoms with Gasteiger partial charge in [0.05, 0.1) is 35.6 Å². The number of primary amides is 1. The summed E-state index contributed by atoms with van der Waals surface area (Å²) in [5, 5.41) is 0. The fourth-order valence-electron chi connectivity index (χ4n) is 3.70. The molecule has 0 fully saturated rings. The molecule has 180 valence electrons. The molecule has 4 aromatic rings. The first-order valence-electron chi connectivity index (χ1n) is 12.2. The number of rotatable bonds is 11. The maximum atomic E-state index is 11.7. The molecule has 0 saturated carbocycles. The Bertz CT molecular complexity index is 1290. The van der Waals surface area contributed by atoms with Crippen molar-refractivity contribution in [1.29, 1.82) is 0 Å². The van der Waals surface area contributed by atoms with E-state index < -0.39 is 5.91 Å². The normalized spacial score (nSPS) is 10.9. The molecule has 0 saturated heterocycles. The van der Waals surface area contributed by atoms with Gasteiger partial charge in [0.25, 0.3) is 0 Å². The zero-order chi connectivity index (χ0) is 24.6. The van der Waals surface area contributed by atoms with Gasteiger partial charge in [0, 0.05) is 16.7 Å². The van der Waals surface area contributed by atoms with E-state index in [2.05, 4.69) is 13.8 Å². The van der Waals surface area contributed by atoms with E-state index in [1.165, 1.54) is 0 Å². The summed E-state index contributed by atoms with van der Waals surface area (Å²) in [5.74, 6) is 1.16. The third-order valence-electron chi connectivity index (χ3n) is 5.74. The van der Waals surface area contributed by atoms with Gasteiger partial charge in [0.15, 0.2) is 0 Å². The Labute approximate surface area is 206 Å². The summed E-state index contributed by atoms with van der Waals surface area (Å²) in [6, 6.07) is 20.9. The number of nitrogens with two attached hydrogens (primary N) is 1. The van der Waals surface area contributed by atoms with Crippen LogP contribution in [0.15, 0.2) is 66.7 Å². The quantitative estimate of drug-likeness (QED) is 0.256. The topological polar surface area (TPSA) is 87.3 Å². The molecule has 0 spiro atoms. The Morgan fingerprint density at radius 3 is 1.66 bits per heavy atom. The number of ether oxygens (including phenoxy) is 2. The molecule has 4 rings (SSSR count). The Kier molecular flexibility index (Phi) is 7.93. The zero-order valence-corrected chi connectivity index (χ0v) is 20.3. The monoisotopic (exact) mass is 469 g/mol. The number of unbranched alkanes of at least 4 members (excludes halogenated alkanes) is 2. The van der Waals surface area contributed by atoms with Crippen molar-refractivity contribution in [1.82, 2.24) is 9.97 Å². The molecule has 6 nitrogen and oxygen atoms in total. The van der Waals surface area contributed by atoms with Crippen LogP contribution in [0.2, 0.25) is 0 Å². The van der Waals surface area contributed by atoms with Crippen LogP contribution in [-0.2, 0) is 0 Å². The molecule has 1 amide bonds. The maximum Gasteiger partial charge on any atom is 0.248 e. The molecular formula is C29H31N3O3. The fourth-order valence-corrected chi connectivity index (χ4v) is 3.70. The minimum Gasteiger partial charge on any atom is -0.494 e. The van der Waals surface area contributed by atoms with Crippen molar-refractivity contribution in [3.63, 3.8) is 0 Å². The van der Waals surface area contributed by atoms with Crippen LogP contribution < -0.4 is 15.2 Å². The highest BCUT2D eigenvalue weighted by atomic mass is 16.5. The van der Waals surface area contributed by atoms with Gasteiger partial charge in [0.1, 0.15) is 11.5 Å². The van der Waals surface area contributed by atoms with Gasteiger partial charge in [-0.2, -0.15) is 0 Å². The minimum atomic E-state index is -0.494. The number of nitrogens with zero attached hydrogens (tertiary/aromatic N) is 2. The summed E-state index contributed by atoms with van der Waals surface area (Å²) >= 11 is 0. The molecular weight excluding hydrogens is 438 g/mol. The van der Waals surface area contributed by atoms with Crippen LogP contribution in [0.25, 0.3) is 33.5 Å². The first kappa shape index (κ1) is 24.2. The fraction of sp³-hybridized carbons (Fsp3) is 0.276. The Hall–Kier alpha value is -3.93. The average molecular weight is 470 g/mol. The summed E-state index contributed by atoms with van der Waals surface area (Å²) in [6.45, 7) is 5.67. The van der Waals surface area contributed by atoms with Crippen molar-refractivity contribution in [2.75, 3.05) is 13.2 Å². The van der Waals surface area contributed by atoms with Crippen molar-refractivity contribution in [2.45, 2.75) is 39.5 Å². The molecule has 0 atom stereocenters. The van der Waals surface area contributed by atoms with Crippen molar-refractivity contribution < 1.29 is 14.3 Å². The molecule has 0 aliphatic rings. The zero-order valence-electron chi connectivity index (χ0n) is 20.3. The number of hydrogen-bond acceptors (Lipinski definition) is 5. The standard InChI is InChI=1S/C29H31N3O3/c1-3-5-17-34-23-12-7-20(8-13-23)27-28(21-9-14-24(15-10-21)35-18-6-4-2)32-26-19-22(29(30)33)11-16-25(26)31-27/h7-16,19H,3-6,17-18H2,1-2H3,(H2,30,33). The molecule has 2 N–H and O–H groups in total. The second-order valence-electron chi connectivity index (χ2n) is 8.44. The van der Waals surface area contributed by atoms with E-state index in [1.807, 2.05) is 48.5 Å². The van der Waals surface area contributed by atoms with Crippen molar-refractivity contribution in [2.24, 2.45) is 5.73 Å². The van der Waals surface area contributed by atoms with Crippen molar-refractivity contribution >= 4 is 16.9 Å². The highest BCUT2D eigenvalue weighted by molar-refractivity contribution is 5.97. The third-order valence-corrected chi connectivity index (χ3v) is 5.74. The third kappa shape index (κ3) is 5.96. The number of hydrogen-bond donors (Lipinski definition) is 1. The van der Waals surface area contributed by atoms with Crippen molar-refractivity contribution in [3.8, 4) is 34.0 Å². The van der Waals surface area contributed by atoms with E-state index in [0.717, 1.165) is 59.7 Å². The van der Waals surface area contributed by atoms with E-state index in [9.17, 15) is 4.79 Å². The second-order valence-corrected chi connectivity index (χ2v) is 8.44. The van der Waals surface area contributed by atoms with Gasteiger partial charge < -0.3 is 15.2 Å². The number of amides is 1. The summed E-state index contributed by atoms with van der Waals surface area (Å²) in [4.78, 5) is 21.5. The minimum absolute atomic E-state index is 0.402. The molecule has 0 bridgehead atoms. The van der Waals surface area contributed by atoms with Crippen LogP contribution in [0.5, 0.6) is 11.5 Å². The summed E-state index contributed by atoms with van der Waals surface area (Å²) in [7, 11) is 0. The molecule has 0 unspecified atom stereocenters. The van der Waals surface area contributed by atoms with E-state index in [-0.39, 0.29) is 0 Å². The molecule has 1 heterocycles. The van der Waals surface area contributed by atoms with Gasteiger partial charge in [-0.25, -0.2) is 9.97 Å². The van der Waals surface area contributed by atoms with Crippen LogP contribution in [0.1, 0.15) is 49.9 Å². The van der Waals surface area contributed by atoms with E-state index in [1.54, 1.807) is 18.2 Å². The SMILES string of the molecule is CCCCOc1ccc(-c2nc3ccc(C(N)=O)cc3nc2-c2ccc(OCCCC)cc2)cc1. The Morgan fingerprint density at radius 1 is 0.714 bits per heavy atom.